The number of carbonyl (C=O) groups is 1. The van der Waals surface area contributed by atoms with Crippen LogP contribution in [0.3, 0.4) is 0 Å². The van der Waals surface area contributed by atoms with E-state index in [1.165, 1.54) is 10.5 Å². The number of rotatable bonds is 10. The zero-order chi connectivity index (χ0) is 21.2. The van der Waals surface area contributed by atoms with Gasteiger partial charge in [0, 0.05) is 22.9 Å². The maximum absolute atomic E-state index is 11.1. The average molecular weight is 423 g/mol. The second-order valence-electron chi connectivity index (χ2n) is 6.99. The van der Waals surface area contributed by atoms with Gasteiger partial charge in [-0.1, -0.05) is 60.7 Å². The number of benzene rings is 3. The van der Waals surface area contributed by atoms with Gasteiger partial charge >= 0.3 is 6.09 Å². The Morgan fingerprint density at radius 1 is 0.867 bits per heavy atom. The quantitative estimate of drug-likeness (QED) is 0.358. The molecular weight excluding hydrogens is 396 g/mol. The van der Waals surface area contributed by atoms with Crippen LogP contribution in [0.25, 0.3) is 0 Å². The number of aliphatic hydroxyl groups excluding tert-OH is 1. The first-order valence-corrected chi connectivity index (χ1v) is 10.8. The van der Waals surface area contributed by atoms with Crippen LogP contribution >= 0.6 is 11.8 Å². The van der Waals surface area contributed by atoms with Gasteiger partial charge in [-0.2, -0.15) is 0 Å². The largest absolute Gasteiger partial charge is 0.465 e. The smallest absolute Gasteiger partial charge is 0.404 e. The van der Waals surface area contributed by atoms with E-state index in [-0.39, 0.29) is 6.54 Å². The first-order valence-electron chi connectivity index (χ1n) is 9.82. The van der Waals surface area contributed by atoms with Crippen LogP contribution in [0.5, 0.6) is 0 Å². The van der Waals surface area contributed by atoms with Gasteiger partial charge in [-0.05, 0) is 41.8 Å². The summed E-state index contributed by atoms with van der Waals surface area (Å²) in [5, 5.41) is 25.3. The highest BCUT2D eigenvalue weighted by atomic mass is 32.2. The normalized spacial score (nSPS) is 12.7. The molecule has 3 aromatic rings. The summed E-state index contributed by atoms with van der Waals surface area (Å²) < 4.78 is 0. The van der Waals surface area contributed by atoms with Crippen molar-refractivity contribution in [1.82, 2.24) is 5.32 Å². The molecule has 156 valence electrons. The minimum absolute atomic E-state index is 0.244. The van der Waals surface area contributed by atoms with Crippen molar-refractivity contribution in [2.45, 2.75) is 29.2 Å². The third kappa shape index (κ3) is 7.13. The summed E-state index contributed by atoms with van der Waals surface area (Å²) in [4.78, 5) is 12.3. The topological polar surface area (TPSA) is 81.6 Å². The Hall–Kier alpha value is -2.96. The van der Waals surface area contributed by atoms with Crippen LogP contribution in [0.4, 0.5) is 10.5 Å². The third-order valence-electron chi connectivity index (χ3n) is 4.69. The second kappa shape index (κ2) is 11.3. The van der Waals surface area contributed by atoms with E-state index in [0.29, 0.717) is 6.42 Å². The molecule has 0 aromatic heterocycles. The van der Waals surface area contributed by atoms with Crippen LogP contribution in [0, 0.1) is 0 Å². The van der Waals surface area contributed by atoms with Crippen LogP contribution in [0.2, 0.25) is 0 Å². The molecular formula is C24H26N2O3S. The minimum atomic E-state index is -1.14. The lowest BCUT2D eigenvalue weighted by atomic mass is 10.0. The molecule has 0 saturated carbocycles. The Morgan fingerprint density at radius 2 is 1.47 bits per heavy atom. The zero-order valence-electron chi connectivity index (χ0n) is 16.6. The van der Waals surface area contributed by atoms with Crippen molar-refractivity contribution >= 4 is 23.5 Å². The molecule has 30 heavy (non-hydrogen) atoms. The van der Waals surface area contributed by atoms with E-state index in [4.69, 9.17) is 5.11 Å². The molecule has 0 saturated heterocycles. The molecule has 0 bridgehead atoms. The molecule has 0 spiro atoms. The zero-order valence-corrected chi connectivity index (χ0v) is 17.4. The number of thioether (sulfide) groups is 1. The van der Waals surface area contributed by atoms with E-state index in [1.54, 1.807) is 11.8 Å². The molecule has 0 aliphatic rings. The first-order chi connectivity index (χ1) is 14.6. The molecule has 0 fully saturated rings. The van der Waals surface area contributed by atoms with Crippen LogP contribution in [0.1, 0.15) is 11.1 Å². The van der Waals surface area contributed by atoms with E-state index in [2.05, 4.69) is 22.8 Å². The molecule has 6 heteroatoms. The van der Waals surface area contributed by atoms with Gasteiger partial charge < -0.3 is 20.8 Å². The molecule has 0 radical (unpaired) electrons. The highest BCUT2D eigenvalue weighted by Crippen LogP contribution is 2.24. The molecule has 1 amide bonds. The fraction of sp³-hybridized carbons (Fsp3) is 0.208. The summed E-state index contributed by atoms with van der Waals surface area (Å²) in [6, 6.07) is 27.3. The molecule has 3 aromatic carbocycles. The molecule has 3 rings (SSSR count). The predicted octanol–water partition coefficient (Wildman–Crippen LogP) is 4.63. The Kier molecular flexibility index (Phi) is 8.18. The Balaban J connectivity index is 1.51. The number of hydrogen-bond donors (Lipinski definition) is 4. The Labute approximate surface area is 181 Å². The highest BCUT2D eigenvalue weighted by Gasteiger charge is 2.21. The lowest BCUT2D eigenvalue weighted by molar-refractivity contribution is 0.128. The van der Waals surface area contributed by atoms with Crippen LogP contribution in [-0.4, -0.2) is 35.0 Å². The van der Waals surface area contributed by atoms with Gasteiger partial charge in [0.1, 0.15) is 0 Å². The van der Waals surface area contributed by atoms with E-state index < -0.39 is 18.2 Å². The number of nitrogens with one attached hydrogen (secondary N) is 2. The summed E-state index contributed by atoms with van der Waals surface area (Å²) in [5.74, 6) is 0.911. The molecule has 4 N–H and O–H groups in total. The standard InChI is InChI=1S/C24H26N2O3S/c27-23(22(26-24(28)29)15-18-7-3-1-4-8-18)16-25-20-11-13-21(14-12-20)30-17-19-9-5-2-6-10-19/h1-14,22-23,25-27H,15-17H2,(H,28,29). The minimum Gasteiger partial charge on any atom is -0.465 e. The van der Waals surface area contributed by atoms with E-state index in [9.17, 15) is 9.90 Å². The van der Waals surface area contributed by atoms with Gasteiger partial charge in [0.2, 0.25) is 0 Å². The highest BCUT2D eigenvalue weighted by molar-refractivity contribution is 7.98. The lowest BCUT2D eigenvalue weighted by Crippen LogP contribution is -2.47. The van der Waals surface area contributed by atoms with Crippen molar-refractivity contribution in [1.29, 1.82) is 0 Å². The van der Waals surface area contributed by atoms with E-state index in [1.807, 2.05) is 72.8 Å². The number of carboxylic acid groups (broad SMARTS) is 1. The second-order valence-corrected chi connectivity index (χ2v) is 8.04. The fourth-order valence-corrected chi connectivity index (χ4v) is 3.94. The molecule has 5 nitrogen and oxygen atoms in total. The van der Waals surface area contributed by atoms with Gasteiger partial charge in [-0.25, -0.2) is 4.79 Å². The van der Waals surface area contributed by atoms with Crippen LogP contribution in [0.15, 0.2) is 89.8 Å². The van der Waals surface area contributed by atoms with Crippen molar-refractivity contribution < 1.29 is 15.0 Å². The summed E-state index contributed by atoms with van der Waals surface area (Å²) >= 11 is 1.77. The predicted molar refractivity (Wildman–Crippen MR) is 122 cm³/mol. The Bertz CT molecular complexity index is 905. The number of hydrogen-bond acceptors (Lipinski definition) is 4. The number of amides is 1. The monoisotopic (exact) mass is 422 g/mol. The van der Waals surface area contributed by atoms with Crippen molar-refractivity contribution in [3.63, 3.8) is 0 Å². The van der Waals surface area contributed by atoms with Crippen molar-refractivity contribution in [2.75, 3.05) is 11.9 Å². The lowest BCUT2D eigenvalue weighted by Gasteiger charge is -2.23. The van der Waals surface area contributed by atoms with Gasteiger partial charge in [0.05, 0.1) is 12.1 Å². The fourth-order valence-electron chi connectivity index (χ4n) is 3.08. The van der Waals surface area contributed by atoms with Crippen LogP contribution in [-0.2, 0) is 12.2 Å². The van der Waals surface area contributed by atoms with Gasteiger partial charge in [0.25, 0.3) is 0 Å². The van der Waals surface area contributed by atoms with Crippen molar-refractivity contribution in [2.24, 2.45) is 0 Å². The Morgan fingerprint density at radius 3 is 2.07 bits per heavy atom. The summed E-state index contributed by atoms with van der Waals surface area (Å²) in [6.45, 7) is 0.244. The number of anilines is 1. The molecule has 2 unspecified atom stereocenters. The van der Waals surface area contributed by atoms with Crippen molar-refractivity contribution in [3.8, 4) is 0 Å². The maximum atomic E-state index is 11.1. The first kappa shape index (κ1) is 21.7. The summed E-state index contributed by atoms with van der Waals surface area (Å²) in [6.07, 6.45) is -1.59. The maximum Gasteiger partial charge on any atom is 0.404 e. The van der Waals surface area contributed by atoms with Crippen LogP contribution < -0.4 is 10.6 Å². The molecule has 0 aliphatic heterocycles. The average Bonchev–Trinajstić information content (AvgIpc) is 2.77. The van der Waals surface area contributed by atoms with E-state index >= 15 is 0 Å². The SMILES string of the molecule is O=C(O)NC(Cc1ccccc1)C(O)CNc1ccc(SCc2ccccc2)cc1. The molecule has 2 atom stereocenters. The summed E-state index contributed by atoms with van der Waals surface area (Å²) in [5.41, 5.74) is 3.13. The van der Waals surface area contributed by atoms with Gasteiger partial charge in [0.15, 0.2) is 0 Å². The van der Waals surface area contributed by atoms with Crippen molar-refractivity contribution in [3.05, 3.63) is 96.1 Å². The number of aliphatic hydroxyl groups is 1. The van der Waals surface area contributed by atoms with Gasteiger partial charge in [-0.3, -0.25) is 0 Å². The molecule has 0 aliphatic carbocycles. The summed E-state index contributed by atoms with van der Waals surface area (Å²) in [7, 11) is 0. The van der Waals surface area contributed by atoms with Gasteiger partial charge in [-0.15, -0.1) is 11.8 Å². The van der Waals surface area contributed by atoms with E-state index in [0.717, 1.165) is 17.0 Å². The third-order valence-corrected chi connectivity index (χ3v) is 5.77. The molecule has 0 heterocycles.